The van der Waals surface area contributed by atoms with Crippen LogP contribution in [0.5, 0.6) is 0 Å². The monoisotopic (exact) mass is 874 g/mol. The Bertz CT molecular complexity index is 2700. The van der Waals surface area contributed by atoms with Crippen LogP contribution in [0.2, 0.25) is 5.02 Å². The maximum atomic E-state index is 14.2. The summed E-state index contributed by atoms with van der Waals surface area (Å²) in [6.45, 7) is 4.98. The molecule has 0 saturated heterocycles. The molecular weight excluding hydrogens is 827 g/mol. The lowest BCUT2D eigenvalue weighted by Gasteiger charge is -2.14. The Labute approximate surface area is 374 Å². The number of aromatic nitrogens is 8. The van der Waals surface area contributed by atoms with Crippen molar-refractivity contribution in [2.45, 2.75) is 25.7 Å². The molecule has 0 radical (unpaired) electrons. The van der Waals surface area contributed by atoms with Crippen LogP contribution in [0.4, 0.5) is 39.3 Å². The van der Waals surface area contributed by atoms with Gasteiger partial charge in [0.1, 0.15) is 5.02 Å². The minimum Gasteiger partial charge on any atom is -0.368 e. The number of H-pyrrole nitrogens is 2. The molecule has 0 fully saturated rings. The van der Waals surface area contributed by atoms with Crippen molar-refractivity contribution in [3.8, 4) is 0 Å². The summed E-state index contributed by atoms with van der Waals surface area (Å²) in [4.78, 5) is 32.7. The molecular formula is C48H48ClFN14. The first-order valence-corrected chi connectivity index (χ1v) is 21.8. The van der Waals surface area contributed by atoms with E-state index in [-0.39, 0.29) is 5.82 Å². The average Bonchev–Trinajstić information content (AvgIpc) is 3.97. The largest absolute Gasteiger partial charge is 0.368 e. The van der Waals surface area contributed by atoms with Gasteiger partial charge in [-0.3, -0.25) is 9.97 Å². The fourth-order valence-corrected chi connectivity index (χ4v) is 7.89. The van der Waals surface area contributed by atoms with Crippen LogP contribution in [-0.2, 0) is 12.8 Å². The van der Waals surface area contributed by atoms with E-state index in [1.165, 1.54) is 33.9 Å². The summed E-state index contributed by atoms with van der Waals surface area (Å²) in [5, 5.41) is 22.4. The summed E-state index contributed by atoms with van der Waals surface area (Å²) in [5.41, 5.74) is 11.1. The molecule has 0 atom stereocenters. The third-order valence-electron chi connectivity index (χ3n) is 11.0. The van der Waals surface area contributed by atoms with Crippen molar-refractivity contribution in [3.05, 3.63) is 155 Å². The summed E-state index contributed by atoms with van der Waals surface area (Å²) in [7, 11) is 0. The highest BCUT2D eigenvalue weighted by Crippen LogP contribution is 2.32. The minimum atomic E-state index is -0.488. The number of hydrogen-bond donors (Lipinski definition) is 8. The van der Waals surface area contributed by atoms with Gasteiger partial charge in [-0.1, -0.05) is 35.9 Å². The second kappa shape index (κ2) is 20.3. The number of fused-ring (bicyclic) bond motifs is 2. The number of pyridine rings is 2. The van der Waals surface area contributed by atoms with Crippen molar-refractivity contribution in [1.29, 1.82) is 0 Å². The number of anilines is 6. The van der Waals surface area contributed by atoms with E-state index in [4.69, 9.17) is 11.6 Å². The molecule has 8 heterocycles. The second-order valence-electron chi connectivity index (χ2n) is 15.3. The van der Waals surface area contributed by atoms with Crippen molar-refractivity contribution in [1.82, 2.24) is 50.5 Å². The quantitative estimate of drug-likeness (QED) is 0.0520. The lowest BCUT2D eigenvalue weighted by molar-refractivity contribution is 0.617. The van der Waals surface area contributed by atoms with Gasteiger partial charge in [-0.15, -0.1) is 0 Å². The molecule has 8 N–H and O–H groups in total. The van der Waals surface area contributed by atoms with Crippen LogP contribution in [0.25, 0.3) is 33.0 Å². The number of nitrogens with zero attached hydrogens (tertiary/aromatic N) is 6. The van der Waals surface area contributed by atoms with Crippen LogP contribution in [0.15, 0.2) is 122 Å². The maximum Gasteiger partial charge on any atom is 0.229 e. The normalized spacial score (nSPS) is 13.7. The Hall–Kier alpha value is -7.20. The number of benzene rings is 2. The number of nitrogens with one attached hydrogen (secondary N) is 8. The highest BCUT2D eigenvalue weighted by molar-refractivity contribution is 6.32. The second-order valence-corrected chi connectivity index (χ2v) is 15.7. The summed E-state index contributed by atoms with van der Waals surface area (Å²) in [5.74, 6) is 1.11. The molecule has 0 spiro atoms. The SMILES string of the molecule is Clc1cnc(Nc2ccc3[nH]cc(C4=CCNCC4)c3c2)nc1NCCc1ccccn1.Fc1cnc(Nc2ccc3[nH]cc(C4=CCNCC4)c3c2)nc1NCCc1ccccn1. The Kier molecular flexibility index (Phi) is 13.4. The van der Waals surface area contributed by atoms with Crippen molar-refractivity contribution in [3.63, 3.8) is 0 Å². The molecule has 64 heavy (non-hydrogen) atoms. The highest BCUT2D eigenvalue weighted by atomic mass is 35.5. The van der Waals surface area contributed by atoms with Crippen LogP contribution in [0, 0.1) is 5.82 Å². The molecule has 2 aliphatic heterocycles. The summed E-state index contributed by atoms with van der Waals surface area (Å²) in [6.07, 6.45) is 18.5. The molecule has 2 aliphatic rings. The van der Waals surface area contributed by atoms with Crippen molar-refractivity contribution >= 4 is 79.5 Å². The summed E-state index contributed by atoms with van der Waals surface area (Å²) >= 11 is 6.30. The molecule has 0 amide bonds. The van der Waals surface area contributed by atoms with Gasteiger partial charge in [0.2, 0.25) is 11.9 Å². The first-order valence-electron chi connectivity index (χ1n) is 21.4. The molecule has 6 aromatic heterocycles. The summed E-state index contributed by atoms with van der Waals surface area (Å²) < 4.78 is 14.2. The first kappa shape index (κ1) is 42.1. The molecule has 2 aromatic carbocycles. The maximum absolute atomic E-state index is 14.2. The summed E-state index contributed by atoms with van der Waals surface area (Å²) in [6, 6.07) is 23.9. The van der Waals surface area contributed by atoms with Gasteiger partial charge in [-0.2, -0.15) is 9.97 Å². The van der Waals surface area contributed by atoms with Crippen LogP contribution in [-0.4, -0.2) is 79.1 Å². The molecule has 10 rings (SSSR count). The van der Waals surface area contributed by atoms with E-state index in [0.29, 0.717) is 42.2 Å². The van der Waals surface area contributed by atoms with Gasteiger partial charge in [-0.25, -0.2) is 14.4 Å². The molecule has 16 heteroatoms. The van der Waals surface area contributed by atoms with Gasteiger partial charge < -0.3 is 41.9 Å². The zero-order chi connectivity index (χ0) is 43.5. The van der Waals surface area contributed by atoms with E-state index in [9.17, 15) is 4.39 Å². The van der Waals surface area contributed by atoms with Crippen LogP contribution in [0.1, 0.15) is 35.4 Å². The topological polar surface area (TPSA) is 181 Å². The van der Waals surface area contributed by atoms with Gasteiger partial charge in [0.05, 0.1) is 12.4 Å². The Morgan fingerprint density at radius 1 is 0.609 bits per heavy atom. The average molecular weight is 875 g/mol. The Balaban J connectivity index is 0.000000162. The number of rotatable bonds is 14. The van der Waals surface area contributed by atoms with Crippen LogP contribution >= 0.6 is 11.6 Å². The van der Waals surface area contributed by atoms with E-state index in [0.717, 1.165) is 84.6 Å². The van der Waals surface area contributed by atoms with Crippen LogP contribution < -0.4 is 31.9 Å². The van der Waals surface area contributed by atoms with Gasteiger partial charge in [-0.05, 0) is 97.7 Å². The van der Waals surface area contributed by atoms with E-state index < -0.39 is 5.82 Å². The number of halogens is 2. The fraction of sp³-hybridized carbons (Fsp3) is 0.208. The number of hydrogen-bond acceptors (Lipinski definition) is 12. The zero-order valence-electron chi connectivity index (χ0n) is 35.1. The zero-order valence-corrected chi connectivity index (χ0v) is 35.8. The van der Waals surface area contributed by atoms with Gasteiger partial charge >= 0.3 is 0 Å². The third-order valence-corrected chi connectivity index (χ3v) is 11.3. The van der Waals surface area contributed by atoms with Gasteiger partial charge in [0, 0.05) is 120 Å². The van der Waals surface area contributed by atoms with Crippen molar-refractivity contribution in [2.75, 3.05) is 60.5 Å². The third kappa shape index (κ3) is 10.5. The molecule has 0 unspecified atom stereocenters. The van der Waals surface area contributed by atoms with E-state index in [2.05, 4.69) is 115 Å². The lowest BCUT2D eigenvalue weighted by Crippen LogP contribution is -2.19. The van der Waals surface area contributed by atoms with Gasteiger partial charge in [0.25, 0.3) is 0 Å². The minimum absolute atomic E-state index is 0.168. The molecule has 8 aromatic rings. The Morgan fingerprint density at radius 3 is 1.66 bits per heavy atom. The number of aromatic amines is 2. The van der Waals surface area contributed by atoms with Crippen molar-refractivity contribution in [2.24, 2.45) is 0 Å². The highest BCUT2D eigenvalue weighted by Gasteiger charge is 2.15. The van der Waals surface area contributed by atoms with E-state index in [1.807, 2.05) is 54.6 Å². The molecule has 14 nitrogen and oxygen atoms in total. The van der Waals surface area contributed by atoms with Gasteiger partial charge in [0.15, 0.2) is 17.5 Å². The van der Waals surface area contributed by atoms with E-state index >= 15 is 0 Å². The smallest absolute Gasteiger partial charge is 0.229 e. The van der Waals surface area contributed by atoms with E-state index in [1.54, 1.807) is 18.6 Å². The lowest BCUT2D eigenvalue weighted by atomic mass is 9.99. The predicted molar refractivity (Wildman–Crippen MR) is 256 cm³/mol. The van der Waals surface area contributed by atoms with Crippen LogP contribution in [0.3, 0.4) is 0 Å². The molecule has 0 saturated carbocycles. The molecule has 324 valence electrons. The predicted octanol–water partition coefficient (Wildman–Crippen LogP) is 9.05. The fourth-order valence-electron chi connectivity index (χ4n) is 7.73. The molecule has 0 bridgehead atoms. The molecule has 0 aliphatic carbocycles. The standard InChI is InChI=1S/C24H24ClN7.C24H24FN7/c2*25-21-15-30-24(32-23(21)28-12-8-17-3-1-2-9-27-17)31-18-4-5-22-19(13-18)20(14-29-22)16-6-10-26-11-7-16/h2*1-6,9,13-15,26,29H,7-8,10-12H2,(H2,28,30,31,32). The Morgan fingerprint density at radius 2 is 1.14 bits per heavy atom. The first-order chi connectivity index (χ1) is 31.5. The van der Waals surface area contributed by atoms with Crippen molar-refractivity contribution < 1.29 is 4.39 Å².